The molecule has 0 spiro atoms. The maximum absolute atomic E-state index is 12.9. The molecule has 0 fully saturated rings. The Labute approximate surface area is 184 Å². The van der Waals surface area contributed by atoms with E-state index in [9.17, 15) is 4.79 Å². The molecule has 0 radical (unpaired) electrons. The first-order valence-electron chi connectivity index (χ1n) is 9.70. The SMILES string of the molecule is C=C(C)/C(=C\C=C(/C)C(=O)/C(CNc1nccc(C(=C)C=N/C=C\C)n1)=C(/C)N)OC. The molecule has 0 bridgehead atoms. The van der Waals surface area contributed by atoms with Gasteiger partial charge in [0.15, 0.2) is 5.78 Å². The second kappa shape index (κ2) is 12.7. The van der Waals surface area contributed by atoms with E-state index in [0.29, 0.717) is 39.8 Å². The van der Waals surface area contributed by atoms with Crippen molar-refractivity contribution in [1.82, 2.24) is 9.97 Å². The Hall–Kier alpha value is -3.74. The van der Waals surface area contributed by atoms with Gasteiger partial charge in [0.1, 0.15) is 5.76 Å². The minimum Gasteiger partial charge on any atom is -0.497 e. The zero-order valence-electron chi connectivity index (χ0n) is 18.9. The summed E-state index contributed by atoms with van der Waals surface area (Å²) in [7, 11) is 1.56. The van der Waals surface area contributed by atoms with Crippen LogP contribution in [0.15, 0.2) is 83.0 Å². The lowest BCUT2D eigenvalue weighted by molar-refractivity contribution is -0.112. The molecule has 164 valence electrons. The topological polar surface area (TPSA) is 102 Å². The van der Waals surface area contributed by atoms with Crippen LogP contribution in [0.25, 0.3) is 5.57 Å². The number of aromatic nitrogens is 2. The summed E-state index contributed by atoms with van der Waals surface area (Å²) >= 11 is 0. The summed E-state index contributed by atoms with van der Waals surface area (Å²) in [5, 5.41) is 3.06. The molecule has 0 unspecified atom stereocenters. The lowest BCUT2D eigenvalue weighted by Gasteiger charge is -2.11. The van der Waals surface area contributed by atoms with E-state index in [1.807, 2.05) is 19.9 Å². The highest BCUT2D eigenvalue weighted by atomic mass is 16.5. The van der Waals surface area contributed by atoms with Gasteiger partial charge >= 0.3 is 0 Å². The van der Waals surface area contributed by atoms with Crippen molar-refractivity contribution in [2.24, 2.45) is 10.7 Å². The summed E-state index contributed by atoms with van der Waals surface area (Å²) in [5.41, 5.74) is 9.37. The van der Waals surface area contributed by atoms with E-state index >= 15 is 0 Å². The first kappa shape index (κ1) is 25.3. The molecular weight excluding hydrogens is 390 g/mol. The molecule has 0 aromatic carbocycles. The number of ether oxygens (including phenoxy) is 1. The number of allylic oxidation sites excluding steroid dienone is 7. The molecule has 7 nitrogen and oxygen atoms in total. The van der Waals surface area contributed by atoms with Crippen LogP contribution < -0.4 is 11.1 Å². The third-order valence-corrected chi connectivity index (χ3v) is 4.11. The number of carbonyl (C=O) groups is 1. The van der Waals surface area contributed by atoms with Crippen LogP contribution in [0.2, 0.25) is 0 Å². The van der Waals surface area contributed by atoms with E-state index < -0.39 is 0 Å². The van der Waals surface area contributed by atoms with Crippen LogP contribution in [-0.2, 0) is 9.53 Å². The molecule has 7 heteroatoms. The zero-order chi connectivity index (χ0) is 23.4. The normalized spacial score (nSPS) is 13.3. The predicted octanol–water partition coefficient (Wildman–Crippen LogP) is 4.36. The summed E-state index contributed by atoms with van der Waals surface area (Å²) in [5.74, 6) is 0.777. The highest BCUT2D eigenvalue weighted by Gasteiger charge is 2.14. The number of methoxy groups -OCH3 is 1. The van der Waals surface area contributed by atoms with Gasteiger partial charge in [0, 0.05) is 42.0 Å². The third kappa shape index (κ3) is 8.26. The monoisotopic (exact) mass is 421 g/mol. The Morgan fingerprint density at radius 2 is 2.00 bits per heavy atom. The molecule has 0 atom stereocenters. The van der Waals surface area contributed by atoms with Gasteiger partial charge in [0.25, 0.3) is 0 Å². The van der Waals surface area contributed by atoms with Crippen LogP contribution in [0.1, 0.15) is 33.4 Å². The standard InChI is InChI=1S/C24H31N5O2/c1-8-12-26-14-18(5)21-11-13-27-24(29-21)28-15-20(19(6)25)23(30)17(4)9-10-22(31-7)16(2)3/h8-14H,2,5,15,25H2,1,3-4,6-7H3,(H,27,28,29)/b12-8-,17-9+,20-19-,22-10+,26-14?. The van der Waals surface area contributed by atoms with Gasteiger partial charge in [0.05, 0.1) is 12.8 Å². The summed E-state index contributed by atoms with van der Waals surface area (Å²) in [6, 6.07) is 1.74. The van der Waals surface area contributed by atoms with Crippen molar-refractivity contribution in [3.63, 3.8) is 0 Å². The van der Waals surface area contributed by atoms with Gasteiger partial charge in [-0.1, -0.05) is 25.3 Å². The Balaban J connectivity index is 2.98. The molecular formula is C24H31N5O2. The molecule has 3 N–H and O–H groups in total. The van der Waals surface area contributed by atoms with Crippen molar-refractivity contribution in [3.8, 4) is 0 Å². The van der Waals surface area contributed by atoms with Gasteiger partial charge in [-0.3, -0.25) is 9.79 Å². The van der Waals surface area contributed by atoms with Crippen LogP contribution in [0.4, 0.5) is 5.95 Å². The second-order valence-electron chi connectivity index (χ2n) is 6.76. The highest BCUT2D eigenvalue weighted by molar-refractivity contribution is 6.09. The number of hydrogen-bond acceptors (Lipinski definition) is 7. The van der Waals surface area contributed by atoms with Crippen molar-refractivity contribution < 1.29 is 9.53 Å². The second-order valence-corrected chi connectivity index (χ2v) is 6.76. The fraction of sp³-hybridized carbons (Fsp3) is 0.250. The number of nitrogens with one attached hydrogen (secondary N) is 1. The van der Waals surface area contributed by atoms with Crippen LogP contribution in [0.5, 0.6) is 0 Å². The van der Waals surface area contributed by atoms with Gasteiger partial charge in [-0.25, -0.2) is 9.97 Å². The minimum atomic E-state index is -0.181. The summed E-state index contributed by atoms with van der Waals surface area (Å²) in [4.78, 5) is 25.6. The fourth-order valence-electron chi connectivity index (χ4n) is 2.37. The van der Waals surface area contributed by atoms with Crippen molar-refractivity contribution in [1.29, 1.82) is 0 Å². The molecule has 0 aliphatic heterocycles. The fourth-order valence-corrected chi connectivity index (χ4v) is 2.37. The van der Waals surface area contributed by atoms with Crippen molar-refractivity contribution in [3.05, 3.63) is 83.7 Å². The maximum atomic E-state index is 12.9. The number of anilines is 1. The van der Waals surface area contributed by atoms with Crippen LogP contribution in [0, 0.1) is 0 Å². The van der Waals surface area contributed by atoms with Gasteiger partial charge in [-0.2, -0.15) is 0 Å². The number of rotatable bonds is 11. The number of nitrogens with zero attached hydrogens (tertiary/aromatic N) is 3. The van der Waals surface area contributed by atoms with Gasteiger partial charge in [-0.05, 0) is 51.0 Å². The van der Waals surface area contributed by atoms with Crippen molar-refractivity contribution in [2.45, 2.75) is 27.7 Å². The Morgan fingerprint density at radius 1 is 1.29 bits per heavy atom. The minimum absolute atomic E-state index is 0.177. The number of aliphatic imine (C=N–C) groups is 1. The van der Waals surface area contributed by atoms with E-state index in [2.05, 4.69) is 33.4 Å². The smallest absolute Gasteiger partial charge is 0.223 e. The number of hydrogen-bond donors (Lipinski definition) is 2. The summed E-state index contributed by atoms with van der Waals surface area (Å²) < 4.78 is 5.24. The van der Waals surface area contributed by atoms with E-state index in [4.69, 9.17) is 10.5 Å². The molecule has 0 aliphatic rings. The lowest BCUT2D eigenvalue weighted by Crippen LogP contribution is -2.19. The van der Waals surface area contributed by atoms with Crippen LogP contribution in [0.3, 0.4) is 0 Å². The van der Waals surface area contributed by atoms with E-state index in [1.54, 1.807) is 57.8 Å². The van der Waals surface area contributed by atoms with E-state index in [1.165, 1.54) is 0 Å². The van der Waals surface area contributed by atoms with Gasteiger partial charge in [-0.15, -0.1) is 0 Å². The average Bonchev–Trinajstić information content (AvgIpc) is 2.73. The largest absolute Gasteiger partial charge is 0.497 e. The van der Waals surface area contributed by atoms with Crippen molar-refractivity contribution >= 4 is 23.5 Å². The summed E-state index contributed by atoms with van der Waals surface area (Å²) in [6.07, 6.45) is 10.1. The number of ketones is 1. The molecule has 1 heterocycles. The zero-order valence-corrected chi connectivity index (χ0v) is 18.9. The van der Waals surface area contributed by atoms with Gasteiger partial charge < -0.3 is 15.8 Å². The average molecular weight is 422 g/mol. The van der Waals surface area contributed by atoms with Crippen LogP contribution >= 0.6 is 0 Å². The number of carbonyl (C=O) groups excluding carboxylic acids is 1. The molecule has 0 saturated carbocycles. The first-order valence-corrected chi connectivity index (χ1v) is 9.70. The lowest BCUT2D eigenvalue weighted by atomic mass is 10.0. The molecule has 1 aromatic rings. The maximum Gasteiger partial charge on any atom is 0.223 e. The van der Waals surface area contributed by atoms with Crippen molar-refractivity contribution in [2.75, 3.05) is 19.0 Å². The number of Topliss-reactive ketones (excluding diaryl/α,β-unsaturated/α-hetero) is 1. The highest BCUT2D eigenvalue weighted by Crippen LogP contribution is 2.14. The predicted molar refractivity (Wildman–Crippen MR) is 128 cm³/mol. The first-order chi connectivity index (χ1) is 14.7. The quantitative estimate of drug-likeness (QED) is 0.238. The van der Waals surface area contributed by atoms with E-state index in [-0.39, 0.29) is 12.3 Å². The molecule has 0 aliphatic carbocycles. The Morgan fingerprint density at radius 3 is 2.58 bits per heavy atom. The van der Waals surface area contributed by atoms with Gasteiger partial charge in [0.2, 0.25) is 5.95 Å². The Kier molecular flexibility index (Phi) is 10.4. The van der Waals surface area contributed by atoms with E-state index in [0.717, 1.165) is 5.57 Å². The molecule has 0 saturated heterocycles. The third-order valence-electron chi connectivity index (χ3n) is 4.11. The summed E-state index contributed by atoms with van der Waals surface area (Å²) in [6.45, 7) is 15.1. The molecule has 1 aromatic heterocycles. The molecule has 1 rings (SSSR count). The van der Waals surface area contributed by atoms with Crippen LogP contribution in [-0.4, -0.2) is 35.6 Å². The molecule has 31 heavy (non-hydrogen) atoms. The molecule has 0 amide bonds. The number of nitrogens with two attached hydrogens (primary N) is 1. The Bertz CT molecular complexity index is 977.